The summed E-state index contributed by atoms with van der Waals surface area (Å²) in [4.78, 5) is 14.3. The average Bonchev–Trinajstić information content (AvgIpc) is 2.26. The van der Waals surface area contributed by atoms with Gasteiger partial charge in [0.15, 0.2) is 0 Å². The third kappa shape index (κ3) is 3.32. The van der Waals surface area contributed by atoms with E-state index in [9.17, 15) is 4.79 Å². The average molecular weight is 361 g/mol. The van der Waals surface area contributed by atoms with Crippen molar-refractivity contribution < 1.29 is 4.79 Å². The quantitative estimate of drug-likeness (QED) is 0.738. The van der Waals surface area contributed by atoms with E-state index in [0.29, 0.717) is 5.92 Å². The van der Waals surface area contributed by atoms with Crippen molar-refractivity contribution in [3.63, 3.8) is 0 Å². The van der Waals surface area contributed by atoms with Crippen LogP contribution in [-0.2, 0) is 0 Å². The number of halogens is 2. The van der Waals surface area contributed by atoms with Crippen LogP contribution in [0.15, 0.2) is 27.1 Å². The van der Waals surface area contributed by atoms with Gasteiger partial charge in [-0.2, -0.15) is 0 Å². The molecule has 1 amide bonds. The van der Waals surface area contributed by atoms with Crippen molar-refractivity contribution in [1.29, 1.82) is 0 Å². The zero-order valence-electron chi connectivity index (χ0n) is 9.75. The van der Waals surface area contributed by atoms with Crippen LogP contribution in [0.2, 0.25) is 0 Å². The fraction of sp³-hybridized carbons (Fsp3) is 0.462. The molecule has 1 unspecified atom stereocenters. The highest BCUT2D eigenvalue weighted by Crippen LogP contribution is 2.23. The largest absolute Gasteiger partial charge is 0.338 e. The lowest BCUT2D eigenvalue weighted by molar-refractivity contribution is 0.0683. The van der Waals surface area contributed by atoms with E-state index in [1.165, 1.54) is 6.42 Å². The highest BCUT2D eigenvalue weighted by Gasteiger charge is 2.22. The van der Waals surface area contributed by atoms with Gasteiger partial charge in [0.25, 0.3) is 5.91 Å². The molecule has 17 heavy (non-hydrogen) atoms. The first-order valence-electron chi connectivity index (χ1n) is 5.81. The van der Waals surface area contributed by atoms with Crippen molar-refractivity contribution in [2.75, 3.05) is 13.1 Å². The molecule has 0 radical (unpaired) electrons. The fourth-order valence-electron chi connectivity index (χ4n) is 2.23. The first kappa shape index (κ1) is 13.1. The third-order valence-electron chi connectivity index (χ3n) is 3.05. The van der Waals surface area contributed by atoms with Gasteiger partial charge in [-0.3, -0.25) is 4.79 Å². The van der Waals surface area contributed by atoms with Crippen molar-refractivity contribution in [3.05, 3.63) is 32.7 Å². The summed E-state index contributed by atoms with van der Waals surface area (Å²) in [6, 6.07) is 5.70. The third-order valence-corrected chi connectivity index (χ3v) is 3.97. The number of nitrogens with zero attached hydrogens (tertiary/aromatic N) is 1. The molecule has 1 aromatic rings. The molecule has 1 aliphatic rings. The van der Waals surface area contributed by atoms with Crippen LogP contribution in [0.1, 0.15) is 30.1 Å². The van der Waals surface area contributed by atoms with Crippen LogP contribution < -0.4 is 0 Å². The zero-order valence-corrected chi connectivity index (χ0v) is 12.9. The molecule has 92 valence electrons. The number of likely N-dealkylation sites (tertiary alicyclic amines) is 1. The molecular weight excluding hydrogens is 346 g/mol. The minimum absolute atomic E-state index is 0.138. The molecule has 0 aromatic heterocycles. The molecule has 4 heteroatoms. The zero-order chi connectivity index (χ0) is 12.4. The molecule has 2 nitrogen and oxygen atoms in total. The molecule has 1 fully saturated rings. The molecular formula is C13H15Br2NO. The van der Waals surface area contributed by atoms with E-state index in [1.807, 2.05) is 23.1 Å². The molecule has 1 heterocycles. The Balaban J connectivity index is 2.18. The first-order valence-corrected chi connectivity index (χ1v) is 7.40. The van der Waals surface area contributed by atoms with Crippen LogP contribution >= 0.6 is 31.9 Å². The lowest BCUT2D eigenvalue weighted by Gasteiger charge is -2.31. The number of piperidine rings is 1. The standard InChI is InChI=1S/C13H15Br2NO/c1-9-3-2-4-16(8-9)13(17)10-5-11(14)7-12(15)6-10/h5-7,9H,2-4,8H2,1H3. The Bertz CT molecular complexity index is 413. The van der Waals surface area contributed by atoms with Gasteiger partial charge in [-0.25, -0.2) is 0 Å². The summed E-state index contributed by atoms with van der Waals surface area (Å²) in [6.45, 7) is 3.96. The Hall–Kier alpha value is -0.350. The number of rotatable bonds is 1. The van der Waals surface area contributed by atoms with Crippen LogP contribution in [-0.4, -0.2) is 23.9 Å². The topological polar surface area (TPSA) is 20.3 Å². The summed E-state index contributed by atoms with van der Waals surface area (Å²) in [7, 11) is 0. The Morgan fingerprint density at radius 3 is 2.53 bits per heavy atom. The lowest BCUT2D eigenvalue weighted by atomic mass is 9.99. The van der Waals surface area contributed by atoms with Gasteiger partial charge in [0.1, 0.15) is 0 Å². The van der Waals surface area contributed by atoms with E-state index in [-0.39, 0.29) is 5.91 Å². The van der Waals surface area contributed by atoms with Crippen LogP contribution in [0.25, 0.3) is 0 Å². The van der Waals surface area contributed by atoms with E-state index in [0.717, 1.165) is 34.0 Å². The molecule has 0 bridgehead atoms. The highest BCUT2D eigenvalue weighted by atomic mass is 79.9. The predicted octanol–water partition coefficient (Wildman–Crippen LogP) is 4.08. The summed E-state index contributed by atoms with van der Waals surface area (Å²) in [6.07, 6.45) is 2.34. The van der Waals surface area contributed by atoms with Crippen molar-refractivity contribution in [2.24, 2.45) is 5.92 Å². The minimum Gasteiger partial charge on any atom is -0.338 e. The van der Waals surface area contributed by atoms with Crippen molar-refractivity contribution >= 4 is 37.8 Å². The van der Waals surface area contributed by atoms with Gasteiger partial charge in [0.05, 0.1) is 0 Å². The Morgan fingerprint density at radius 2 is 1.94 bits per heavy atom. The Morgan fingerprint density at radius 1 is 1.29 bits per heavy atom. The summed E-state index contributed by atoms with van der Waals surface area (Å²) in [5.74, 6) is 0.752. The molecule has 0 spiro atoms. The van der Waals surface area contributed by atoms with Crippen LogP contribution in [0.4, 0.5) is 0 Å². The van der Waals surface area contributed by atoms with Gasteiger partial charge < -0.3 is 4.90 Å². The van der Waals surface area contributed by atoms with Crippen molar-refractivity contribution in [2.45, 2.75) is 19.8 Å². The number of hydrogen-bond acceptors (Lipinski definition) is 1. The normalized spacial score (nSPS) is 20.4. The van der Waals surface area contributed by atoms with Gasteiger partial charge in [0.2, 0.25) is 0 Å². The van der Waals surface area contributed by atoms with E-state index >= 15 is 0 Å². The number of hydrogen-bond donors (Lipinski definition) is 0. The summed E-state index contributed by atoms with van der Waals surface area (Å²) in [5.41, 5.74) is 0.750. The number of amides is 1. The smallest absolute Gasteiger partial charge is 0.253 e. The summed E-state index contributed by atoms with van der Waals surface area (Å²) in [5, 5.41) is 0. The maximum absolute atomic E-state index is 12.3. The summed E-state index contributed by atoms with van der Waals surface area (Å²) >= 11 is 6.83. The lowest BCUT2D eigenvalue weighted by Crippen LogP contribution is -2.39. The maximum Gasteiger partial charge on any atom is 0.253 e. The Labute approximate surface area is 119 Å². The van der Waals surface area contributed by atoms with E-state index in [1.54, 1.807) is 0 Å². The van der Waals surface area contributed by atoms with Gasteiger partial charge >= 0.3 is 0 Å². The van der Waals surface area contributed by atoms with Crippen molar-refractivity contribution in [1.82, 2.24) is 4.90 Å². The molecule has 1 saturated heterocycles. The number of carbonyl (C=O) groups is 1. The van der Waals surface area contributed by atoms with Crippen LogP contribution in [0.5, 0.6) is 0 Å². The molecule has 0 saturated carbocycles. The van der Waals surface area contributed by atoms with Gasteiger partial charge in [0, 0.05) is 27.6 Å². The molecule has 0 N–H and O–H groups in total. The van der Waals surface area contributed by atoms with Gasteiger partial charge in [-0.1, -0.05) is 38.8 Å². The second-order valence-corrected chi connectivity index (χ2v) is 6.49. The monoisotopic (exact) mass is 359 g/mol. The van der Waals surface area contributed by atoms with Crippen LogP contribution in [0.3, 0.4) is 0 Å². The predicted molar refractivity (Wildman–Crippen MR) is 76.1 cm³/mol. The molecule has 1 aliphatic heterocycles. The molecule has 0 aliphatic carbocycles. The molecule has 2 rings (SSSR count). The fourth-order valence-corrected chi connectivity index (χ4v) is 3.53. The van der Waals surface area contributed by atoms with Gasteiger partial charge in [-0.15, -0.1) is 0 Å². The van der Waals surface area contributed by atoms with Gasteiger partial charge in [-0.05, 0) is 37.0 Å². The van der Waals surface area contributed by atoms with Crippen LogP contribution in [0, 0.1) is 5.92 Å². The number of carbonyl (C=O) groups excluding carboxylic acids is 1. The SMILES string of the molecule is CC1CCCN(C(=O)c2cc(Br)cc(Br)c2)C1. The Kier molecular flexibility index (Phi) is 4.26. The second-order valence-electron chi connectivity index (χ2n) is 4.66. The summed E-state index contributed by atoms with van der Waals surface area (Å²) < 4.78 is 1.86. The second kappa shape index (κ2) is 5.53. The molecule has 1 atom stereocenters. The molecule has 1 aromatic carbocycles. The van der Waals surface area contributed by atoms with E-state index in [2.05, 4.69) is 38.8 Å². The minimum atomic E-state index is 0.138. The van der Waals surface area contributed by atoms with E-state index < -0.39 is 0 Å². The van der Waals surface area contributed by atoms with E-state index in [4.69, 9.17) is 0 Å². The van der Waals surface area contributed by atoms with Crippen molar-refractivity contribution in [3.8, 4) is 0 Å². The number of benzene rings is 1. The first-order chi connectivity index (χ1) is 8.06. The maximum atomic E-state index is 12.3. The highest BCUT2D eigenvalue weighted by molar-refractivity contribution is 9.11.